The highest BCUT2D eigenvalue weighted by Gasteiger charge is 2.05. The number of rotatable bonds is 5. The van der Waals surface area contributed by atoms with Crippen LogP contribution in [0.4, 0.5) is 5.69 Å². The van der Waals surface area contributed by atoms with Crippen LogP contribution in [0.15, 0.2) is 24.3 Å². The lowest BCUT2D eigenvalue weighted by Gasteiger charge is -2.09. The van der Waals surface area contributed by atoms with Crippen molar-refractivity contribution in [2.75, 3.05) is 6.61 Å². The Balaban J connectivity index is 2.53. The summed E-state index contributed by atoms with van der Waals surface area (Å²) < 4.78 is 5.22. The van der Waals surface area contributed by atoms with Crippen molar-refractivity contribution >= 4 is 5.69 Å². The molecule has 1 unspecified atom stereocenters. The van der Waals surface area contributed by atoms with Crippen LogP contribution in [0, 0.1) is 10.1 Å². The van der Waals surface area contributed by atoms with Crippen molar-refractivity contribution in [2.45, 2.75) is 19.4 Å². The minimum absolute atomic E-state index is 0.0263. The number of nitro benzene ring substituents is 1. The van der Waals surface area contributed by atoms with Gasteiger partial charge in [-0.3, -0.25) is 10.1 Å². The molecular weight excluding hydrogens is 198 g/mol. The highest BCUT2D eigenvalue weighted by Crippen LogP contribution is 2.17. The van der Waals surface area contributed by atoms with Gasteiger partial charge in [0, 0.05) is 12.1 Å². The molecule has 5 heteroatoms. The highest BCUT2D eigenvalue weighted by molar-refractivity contribution is 5.35. The Bertz CT molecular complexity index is 323. The Labute approximate surface area is 87.5 Å². The van der Waals surface area contributed by atoms with Crippen LogP contribution in [-0.4, -0.2) is 22.7 Å². The molecule has 0 aliphatic carbocycles. The molecular formula is C10H13NO4. The molecule has 0 radical (unpaired) electrons. The molecule has 1 aromatic rings. The molecule has 0 saturated carbocycles. The van der Waals surface area contributed by atoms with Gasteiger partial charge in [0.05, 0.1) is 11.0 Å². The van der Waals surface area contributed by atoms with E-state index in [1.807, 2.05) is 6.92 Å². The molecule has 0 aliphatic rings. The van der Waals surface area contributed by atoms with Crippen molar-refractivity contribution in [2.24, 2.45) is 0 Å². The van der Waals surface area contributed by atoms with E-state index in [0.717, 1.165) is 0 Å². The van der Waals surface area contributed by atoms with Gasteiger partial charge in [-0.15, -0.1) is 0 Å². The zero-order valence-electron chi connectivity index (χ0n) is 8.42. The van der Waals surface area contributed by atoms with Crippen LogP contribution in [0.25, 0.3) is 0 Å². The molecule has 15 heavy (non-hydrogen) atoms. The Morgan fingerprint density at radius 3 is 2.53 bits per heavy atom. The van der Waals surface area contributed by atoms with Crippen LogP contribution < -0.4 is 4.74 Å². The van der Waals surface area contributed by atoms with Crippen molar-refractivity contribution in [3.05, 3.63) is 34.4 Å². The van der Waals surface area contributed by atoms with Crippen LogP contribution in [0.1, 0.15) is 13.3 Å². The first-order valence-electron chi connectivity index (χ1n) is 4.68. The van der Waals surface area contributed by atoms with Gasteiger partial charge in [-0.05, 0) is 18.6 Å². The Morgan fingerprint density at radius 2 is 2.07 bits per heavy atom. The molecule has 0 fully saturated rings. The molecule has 1 N–H and O–H groups in total. The number of hydrogen-bond donors (Lipinski definition) is 1. The molecule has 5 nitrogen and oxygen atoms in total. The third kappa shape index (κ3) is 3.55. The van der Waals surface area contributed by atoms with Gasteiger partial charge in [-0.1, -0.05) is 6.92 Å². The summed E-state index contributed by atoms with van der Waals surface area (Å²) in [5.41, 5.74) is 0.0263. The molecule has 0 bridgehead atoms. The first-order chi connectivity index (χ1) is 7.13. The van der Waals surface area contributed by atoms with Crippen molar-refractivity contribution in [3.63, 3.8) is 0 Å². The van der Waals surface area contributed by atoms with E-state index in [1.54, 1.807) is 0 Å². The fourth-order valence-electron chi connectivity index (χ4n) is 0.974. The van der Waals surface area contributed by atoms with Gasteiger partial charge in [-0.25, -0.2) is 0 Å². The third-order valence-corrected chi connectivity index (χ3v) is 1.96. The molecule has 0 aliphatic heterocycles. The molecule has 0 heterocycles. The Hall–Kier alpha value is -1.62. The van der Waals surface area contributed by atoms with E-state index in [1.165, 1.54) is 24.3 Å². The topological polar surface area (TPSA) is 72.6 Å². The Morgan fingerprint density at radius 1 is 1.47 bits per heavy atom. The van der Waals surface area contributed by atoms with E-state index >= 15 is 0 Å². The molecule has 0 aromatic heterocycles. The monoisotopic (exact) mass is 211 g/mol. The zero-order chi connectivity index (χ0) is 11.3. The maximum Gasteiger partial charge on any atom is 0.269 e. The standard InChI is InChI=1S/C10H13NO4/c1-2-9(12)7-15-10-5-3-8(4-6-10)11(13)14/h3-6,9,12H,2,7H2,1H3. The number of nitrogens with zero attached hydrogens (tertiary/aromatic N) is 1. The van der Waals surface area contributed by atoms with Crippen molar-refractivity contribution < 1.29 is 14.8 Å². The van der Waals surface area contributed by atoms with Crippen molar-refractivity contribution in [3.8, 4) is 5.75 Å². The second-order valence-corrected chi connectivity index (χ2v) is 3.12. The van der Waals surface area contributed by atoms with Gasteiger partial charge in [0.15, 0.2) is 0 Å². The smallest absolute Gasteiger partial charge is 0.269 e. The molecule has 1 rings (SSSR count). The average molecular weight is 211 g/mol. The molecule has 0 amide bonds. The normalized spacial score (nSPS) is 12.1. The number of non-ortho nitro benzene ring substituents is 1. The summed E-state index contributed by atoms with van der Waals surface area (Å²) in [6.07, 6.45) is 0.118. The zero-order valence-corrected chi connectivity index (χ0v) is 8.42. The number of hydrogen-bond acceptors (Lipinski definition) is 4. The van der Waals surface area contributed by atoms with E-state index in [2.05, 4.69) is 0 Å². The lowest BCUT2D eigenvalue weighted by Crippen LogP contribution is -2.15. The van der Waals surface area contributed by atoms with E-state index < -0.39 is 11.0 Å². The van der Waals surface area contributed by atoms with Gasteiger partial charge >= 0.3 is 0 Å². The molecule has 82 valence electrons. The lowest BCUT2D eigenvalue weighted by molar-refractivity contribution is -0.384. The van der Waals surface area contributed by atoms with Gasteiger partial charge in [0.25, 0.3) is 5.69 Å². The first kappa shape index (κ1) is 11.5. The summed E-state index contributed by atoms with van der Waals surface area (Å²) in [6, 6.07) is 5.77. The minimum atomic E-state index is -0.500. The minimum Gasteiger partial charge on any atom is -0.491 e. The summed E-state index contributed by atoms with van der Waals surface area (Å²) in [6.45, 7) is 2.05. The fraction of sp³-hybridized carbons (Fsp3) is 0.400. The summed E-state index contributed by atoms with van der Waals surface area (Å²) in [7, 11) is 0. The summed E-state index contributed by atoms with van der Waals surface area (Å²) in [4.78, 5) is 9.88. The predicted molar refractivity (Wildman–Crippen MR) is 54.9 cm³/mol. The SMILES string of the molecule is CCC(O)COc1ccc([N+](=O)[O-])cc1. The van der Waals surface area contributed by atoms with E-state index in [4.69, 9.17) is 4.74 Å². The second kappa shape index (κ2) is 5.31. The summed E-state index contributed by atoms with van der Waals surface area (Å²) >= 11 is 0. The first-order valence-corrected chi connectivity index (χ1v) is 4.68. The number of ether oxygens (including phenoxy) is 1. The van der Waals surface area contributed by atoms with Gasteiger partial charge in [0.2, 0.25) is 0 Å². The maximum absolute atomic E-state index is 10.3. The number of benzene rings is 1. The van der Waals surface area contributed by atoms with Crippen LogP contribution in [0.3, 0.4) is 0 Å². The molecule has 0 saturated heterocycles. The largest absolute Gasteiger partial charge is 0.491 e. The maximum atomic E-state index is 10.3. The molecule has 1 aromatic carbocycles. The van der Waals surface area contributed by atoms with Crippen LogP contribution in [0.5, 0.6) is 5.75 Å². The van der Waals surface area contributed by atoms with Crippen LogP contribution >= 0.6 is 0 Å². The van der Waals surface area contributed by atoms with E-state index in [0.29, 0.717) is 12.2 Å². The highest BCUT2D eigenvalue weighted by atomic mass is 16.6. The van der Waals surface area contributed by atoms with Gasteiger partial charge < -0.3 is 9.84 Å². The Kier molecular flexibility index (Phi) is 4.05. The number of aliphatic hydroxyl groups is 1. The summed E-state index contributed by atoms with van der Waals surface area (Å²) in [5, 5.41) is 19.6. The van der Waals surface area contributed by atoms with Crippen molar-refractivity contribution in [1.29, 1.82) is 0 Å². The van der Waals surface area contributed by atoms with E-state index in [9.17, 15) is 15.2 Å². The summed E-state index contributed by atoms with van der Waals surface area (Å²) in [5.74, 6) is 0.521. The molecule has 0 spiro atoms. The van der Waals surface area contributed by atoms with E-state index in [-0.39, 0.29) is 12.3 Å². The van der Waals surface area contributed by atoms with Crippen LogP contribution in [0.2, 0.25) is 0 Å². The number of aliphatic hydroxyl groups excluding tert-OH is 1. The van der Waals surface area contributed by atoms with Gasteiger partial charge in [0.1, 0.15) is 12.4 Å². The second-order valence-electron chi connectivity index (χ2n) is 3.12. The molecule has 1 atom stereocenters. The predicted octanol–water partition coefficient (Wildman–Crippen LogP) is 1.74. The van der Waals surface area contributed by atoms with Crippen molar-refractivity contribution in [1.82, 2.24) is 0 Å². The third-order valence-electron chi connectivity index (χ3n) is 1.96. The lowest BCUT2D eigenvalue weighted by atomic mass is 10.3. The quantitative estimate of drug-likeness (QED) is 0.594. The average Bonchev–Trinajstić information content (AvgIpc) is 2.26. The van der Waals surface area contributed by atoms with Crippen LogP contribution in [-0.2, 0) is 0 Å². The fourth-order valence-corrected chi connectivity index (χ4v) is 0.974. The van der Waals surface area contributed by atoms with Gasteiger partial charge in [-0.2, -0.15) is 0 Å². The number of nitro groups is 1.